The van der Waals surface area contributed by atoms with Crippen molar-refractivity contribution in [2.24, 2.45) is 5.10 Å². The Morgan fingerprint density at radius 3 is 2.51 bits per heavy atom. The van der Waals surface area contributed by atoms with E-state index in [1.54, 1.807) is 24.3 Å². The number of esters is 1. The van der Waals surface area contributed by atoms with Crippen molar-refractivity contribution >= 4 is 50.9 Å². The number of hydrazone groups is 1. The van der Waals surface area contributed by atoms with Crippen LogP contribution in [0.15, 0.2) is 107 Å². The Hall–Kier alpha value is -4.23. The first-order chi connectivity index (χ1) is 17.1. The van der Waals surface area contributed by atoms with Gasteiger partial charge >= 0.3 is 5.97 Å². The van der Waals surface area contributed by atoms with Crippen LogP contribution in [0.4, 0.5) is 0 Å². The van der Waals surface area contributed by atoms with Crippen LogP contribution in [0.2, 0.25) is 0 Å². The van der Waals surface area contributed by atoms with E-state index in [2.05, 4.69) is 26.5 Å². The molecule has 7 heteroatoms. The van der Waals surface area contributed by atoms with Crippen molar-refractivity contribution in [2.75, 3.05) is 6.61 Å². The van der Waals surface area contributed by atoms with Crippen LogP contribution in [0, 0.1) is 0 Å². The number of hydrogen-bond acceptors (Lipinski definition) is 5. The molecular weight excluding hydrogens is 508 g/mol. The Morgan fingerprint density at radius 2 is 1.66 bits per heavy atom. The van der Waals surface area contributed by atoms with Gasteiger partial charge in [-0.15, -0.1) is 0 Å². The Balaban J connectivity index is 1.36. The average molecular weight is 529 g/mol. The normalized spacial score (nSPS) is 11.1. The molecule has 0 bridgehead atoms. The fraction of sp³-hybridized carbons (Fsp3) is 0.0357. The average Bonchev–Trinajstić information content (AvgIpc) is 2.88. The number of nitrogens with one attached hydrogen (secondary N) is 1. The van der Waals surface area contributed by atoms with Gasteiger partial charge in [0, 0.05) is 21.5 Å². The maximum Gasteiger partial charge on any atom is 0.336 e. The number of amides is 1. The fourth-order valence-corrected chi connectivity index (χ4v) is 3.63. The molecule has 0 aliphatic heterocycles. The van der Waals surface area contributed by atoms with E-state index in [-0.39, 0.29) is 6.61 Å². The number of hydrogen-bond donors (Lipinski definition) is 1. The van der Waals surface area contributed by atoms with Crippen LogP contribution in [0.1, 0.15) is 11.1 Å². The highest BCUT2D eigenvalue weighted by Gasteiger charge is 2.08. The SMILES string of the molecule is O=C(COc1cccc2ccccc12)N/N=C\c1cc(Br)ccc1OC(=O)/C=C/c1ccccc1. The monoisotopic (exact) mass is 528 g/mol. The highest BCUT2D eigenvalue weighted by Crippen LogP contribution is 2.25. The molecule has 4 aromatic rings. The lowest BCUT2D eigenvalue weighted by molar-refractivity contribution is -0.129. The summed E-state index contributed by atoms with van der Waals surface area (Å²) in [6, 6.07) is 28.0. The van der Waals surface area contributed by atoms with Gasteiger partial charge < -0.3 is 9.47 Å². The first-order valence-corrected chi connectivity index (χ1v) is 11.5. The van der Waals surface area contributed by atoms with E-state index in [0.29, 0.717) is 17.1 Å². The van der Waals surface area contributed by atoms with Crippen LogP contribution in [-0.2, 0) is 9.59 Å². The molecule has 0 aromatic heterocycles. The minimum atomic E-state index is -0.529. The van der Waals surface area contributed by atoms with Gasteiger partial charge in [0.1, 0.15) is 11.5 Å². The second kappa shape index (κ2) is 11.8. The molecule has 1 N–H and O–H groups in total. The molecule has 1 amide bonds. The van der Waals surface area contributed by atoms with Crippen molar-refractivity contribution in [1.82, 2.24) is 5.43 Å². The zero-order chi connectivity index (χ0) is 24.5. The molecule has 0 spiro atoms. The second-order valence-corrected chi connectivity index (χ2v) is 8.32. The van der Waals surface area contributed by atoms with Gasteiger partial charge in [-0.2, -0.15) is 5.10 Å². The number of rotatable bonds is 8. The number of benzene rings is 4. The van der Waals surface area contributed by atoms with Crippen molar-refractivity contribution in [3.05, 3.63) is 113 Å². The molecule has 0 aliphatic rings. The second-order valence-electron chi connectivity index (χ2n) is 7.41. The van der Waals surface area contributed by atoms with E-state index in [9.17, 15) is 9.59 Å². The van der Waals surface area contributed by atoms with Crippen LogP contribution < -0.4 is 14.9 Å². The van der Waals surface area contributed by atoms with Gasteiger partial charge in [0.25, 0.3) is 5.91 Å². The predicted octanol–water partition coefficient (Wildman–Crippen LogP) is 5.75. The third-order valence-electron chi connectivity index (χ3n) is 4.90. The lowest BCUT2D eigenvalue weighted by atomic mass is 10.1. The number of carbonyl (C=O) groups excluding carboxylic acids is 2. The highest BCUT2D eigenvalue weighted by atomic mass is 79.9. The maximum absolute atomic E-state index is 12.3. The first-order valence-electron chi connectivity index (χ1n) is 10.8. The summed E-state index contributed by atoms with van der Waals surface area (Å²) >= 11 is 3.39. The molecule has 174 valence electrons. The number of nitrogens with zero attached hydrogens (tertiary/aromatic N) is 1. The van der Waals surface area contributed by atoms with Crippen molar-refractivity contribution in [3.8, 4) is 11.5 Å². The Bertz CT molecular complexity index is 1400. The molecule has 4 rings (SSSR count). The van der Waals surface area contributed by atoms with Crippen LogP contribution in [0.5, 0.6) is 11.5 Å². The summed E-state index contributed by atoms with van der Waals surface area (Å²) in [5.74, 6) is -0.0280. The van der Waals surface area contributed by atoms with Gasteiger partial charge in [-0.1, -0.05) is 82.7 Å². The molecule has 0 heterocycles. The maximum atomic E-state index is 12.3. The third kappa shape index (κ3) is 6.88. The molecule has 0 unspecified atom stereocenters. The summed E-state index contributed by atoms with van der Waals surface area (Å²) in [4.78, 5) is 24.5. The van der Waals surface area contributed by atoms with Gasteiger partial charge in [-0.05, 0) is 41.3 Å². The zero-order valence-corrected chi connectivity index (χ0v) is 20.1. The van der Waals surface area contributed by atoms with E-state index >= 15 is 0 Å². The highest BCUT2D eigenvalue weighted by molar-refractivity contribution is 9.10. The van der Waals surface area contributed by atoms with Gasteiger partial charge in [0.2, 0.25) is 0 Å². The van der Waals surface area contributed by atoms with Crippen molar-refractivity contribution in [1.29, 1.82) is 0 Å². The number of ether oxygens (including phenoxy) is 2. The minimum Gasteiger partial charge on any atom is -0.483 e. The Kier molecular flexibility index (Phi) is 8.04. The molecule has 0 radical (unpaired) electrons. The lowest BCUT2D eigenvalue weighted by Gasteiger charge is -2.08. The summed E-state index contributed by atoms with van der Waals surface area (Å²) in [6.07, 6.45) is 4.43. The molecule has 4 aromatic carbocycles. The molecule has 0 aliphatic carbocycles. The topological polar surface area (TPSA) is 77.0 Å². The smallest absolute Gasteiger partial charge is 0.336 e. The summed E-state index contributed by atoms with van der Waals surface area (Å²) in [7, 11) is 0. The molecule has 0 saturated heterocycles. The number of carbonyl (C=O) groups is 2. The van der Waals surface area contributed by atoms with Gasteiger partial charge in [0.15, 0.2) is 6.61 Å². The van der Waals surface area contributed by atoms with E-state index in [0.717, 1.165) is 20.8 Å². The van der Waals surface area contributed by atoms with Crippen LogP contribution in [0.3, 0.4) is 0 Å². The van der Waals surface area contributed by atoms with Crippen molar-refractivity contribution < 1.29 is 19.1 Å². The third-order valence-corrected chi connectivity index (χ3v) is 5.39. The molecule has 0 fully saturated rings. The van der Waals surface area contributed by atoms with Gasteiger partial charge in [-0.25, -0.2) is 10.2 Å². The van der Waals surface area contributed by atoms with E-state index in [4.69, 9.17) is 9.47 Å². The molecular formula is C28H21BrN2O4. The quantitative estimate of drug-likeness (QED) is 0.104. The molecule has 35 heavy (non-hydrogen) atoms. The molecule has 0 atom stereocenters. The Labute approximate surface area is 211 Å². The fourth-order valence-electron chi connectivity index (χ4n) is 3.25. The molecule has 0 saturated carbocycles. The lowest BCUT2D eigenvalue weighted by Crippen LogP contribution is -2.24. The van der Waals surface area contributed by atoms with Crippen molar-refractivity contribution in [3.63, 3.8) is 0 Å². The molecule has 6 nitrogen and oxygen atoms in total. The van der Waals surface area contributed by atoms with Gasteiger partial charge in [0.05, 0.1) is 6.21 Å². The van der Waals surface area contributed by atoms with E-state index in [1.807, 2.05) is 72.8 Å². The Morgan fingerprint density at radius 1 is 0.886 bits per heavy atom. The van der Waals surface area contributed by atoms with Crippen LogP contribution in [-0.4, -0.2) is 24.7 Å². The summed E-state index contributed by atoms with van der Waals surface area (Å²) in [5, 5.41) is 5.93. The number of fused-ring (bicyclic) bond motifs is 1. The van der Waals surface area contributed by atoms with Gasteiger partial charge in [-0.3, -0.25) is 4.79 Å². The predicted molar refractivity (Wildman–Crippen MR) is 140 cm³/mol. The number of halogens is 1. The minimum absolute atomic E-state index is 0.198. The van der Waals surface area contributed by atoms with Crippen LogP contribution in [0.25, 0.3) is 16.8 Å². The first kappa shape index (κ1) is 23.9. The largest absolute Gasteiger partial charge is 0.483 e. The summed E-state index contributed by atoms with van der Waals surface area (Å²) in [6.45, 7) is -0.198. The zero-order valence-electron chi connectivity index (χ0n) is 18.6. The summed E-state index contributed by atoms with van der Waals surface area (Å²) in [5.41, 5.74) is 3.83. The summed E-state index contributed by atoms with van der Waals surface area (Å²) < 4.78 is 11.9. The van der Waals surface area contributed by atoms with E-state index < -0.39 is 11.9 Å². The standard InChI is InChI=1S/C28H21BrN2O4/c29-23-14-15-25(35-28(33)16-13-20-7-2-1-3-8-20)22(17-23)18-30-31-27(32)19-34-26-12-6-10-21-9-4-5-11-24(21)26/h1-18H,19H2,(H,31,32)/b16-13+,30-18-. The van der Waals surface area contributed by atoms with E-state index in [1.165, 1.54) is 12.3 Å². The van der Waals surface area contributed by atoms with Crippen LogP contribution >= 0.6 is 15.9 Å². The van der Waals surface area contributed by atoms with Crippen molar-refractivity contribution in [2.45, 2.75) is 0 Å².